The molecule has 0 aliphatic rings. The highest BCUT2D eigenvalue weighted by molar-refractivity contribution is 9.11. The number of ether oxygens (including phenoxy) is 1. The van der Waals surface area contributed by atoms with Gasteiger partial charge in [0.25, 0.3) is 0 Å². The average Bonchev–Trinajstić information content (AvgIpc) is 2.45. The number of benzene rings is 2. The fourth-order valence-electron chi connectivity index (χ4n) is 2.33. The summed E-state index contributed by atoms with van der Waals surface area (Å²) in [6, 6.07) is 12.3. The molecule has 112 valence electrons. The molecule has 3 N–H and O–H groups in total. The van der Waals surface area contributed by atoms with E-state index >= 15 is 0 Å². The molecule has 0 aliphatic heterocycles. The van der Waals surface area contributed by atoms with Crippen molar-refractivity contribution in [1.82, 2.24) is 5.43 Å². The number of hydrogen-bond donors (Lipinski definition) is 2. The van der Waals surface area contributed by atoms with E-state index in [0.29, 0.717) is 0 Å². The van der Waals surface area contributed by atoms with Gasteiger partial charge in [-0.2, -0.15) is 0 Å². The quantitative estimate of drug-likeness (QED) is 0.568. The van der Waals surface area contributed by atoms with Crippen LogP contribution < -0.4 is 16.0 Å². The lowest BCUT2D eigenvalue weighted by molar-refractivity contribution is 0.405. The predicted molar refractivity (Wildman–Crippen MR) is 93.3 cm³/mol. The van der Waals surface area contributed by atoms with Crippen LogP contribution in [0.15, 0.2) is 45.3 Å². The van der Waals surface area contributed by atoms with Crippen LogP contribution in [0.2, 0.25) is 0 Å². The minimum atomic E-state index is 0.00294. The summed E-state index contributed by atoms with van der Waals surface area (Å²) in [6.45, 7) is 2.07. The maximum Gasteiger partial charge on any atom is 0.122 e. The van der Waals surface area contributed by atoms with E-state index in [9.17, 15) is 0 Å². The van der Waals surface area contributed by atoms with Gasteiger partial charge in [0.05, 0.1) is 13.2 Å². The van der Waals surface area contributed by atoms with Crippen LogP contribution >= 0.6 is 31.9 Å². The molecule has 0 saturated carbocycles. The first-order valence-corrected chi connectivity index (χ1v) is 8.18. The normalized spacial score (nSPS) is 12.2. The first-order valence-electron chi connectivity index (χ1n) is 6.59. The van der Waals surface area contributed by atoms with E-state index in [2.05, 4.69) is 56.3 Å². The standard InChI is InChI=1S/C16H18Br2N2O/c1-10-3-6-16(21-2)11(7-10)8-15(20-19)13-5-4-12(17)9-14(13)18/h3-7,9,15,20H,8,19H2,1-2H3. The van der Waals surface area contributed by atoms with Crippen molar-refractivity contribution >= 4 is 31.9 Å². The molecule has 0 heterocycles. The molecule has 2 aromatic carbocycles. The highest BCUT2D eigenvalue weighted by Gasteiger charge is 2.16. The smallest absolute Gasteiger partial charge is 0.122 e. The van der Waals surface area contributed by atoms with E-state index in [1.54, 1.807) is 7.11 Å². The third-order valence-corrected chi connectivity index (χ3v) is 4.58. The minimum Gasteiger partial charge on any atom is -0.496 e. The summed E-state index contributed by atoms with van der Waals surface area (Å²) in [6.07, 6.45) is 0.752. The minimum absolute atomic E-state index is 0.00294. The van der Waals surface area contributed by atoms with E-state index in [1.165, 1.54) is 5.56 Å². The molecule has 0 bridgehead atoms. The topological polar surface area (TPSA) is 47.3 Å². The van der Waals surface area contributed by atoms with Gasteiger partial charge in [-0.3, -0.25) is 11.3 Å². The van der Waals surface area contributed by atoms with E-state index in [4.69, 9.17) is 10.6 Å². The molecule has 5 heteroatoms. The zero-order chi connectivity index (χ0) is 15.4. The van der Waals surface area contributed by atoms with E-state index < -0.39 is 0 Å². The van der Waals surface area contributed by atoms with Gasteiger partial charge < -0.3 is 4.74 Å². The Morgan fingerprint density at radius 3 is 2.57 bits per heavy atom. The van der Waals surface area contributed by atoms with Crippen LogP contribution in [0.5, 0.6) is 5.75 Å². The second-order valence-corrected chi connectivity index (χ2v) is 6.67. The molecule has 0 amide bonds. The van der Waals surface area contributed by atoms with Crippen LogP contribution in [0.1, 0.15) is 22.7 Å². The zero-order valence-electron chi connectivity index (χ0n) is 12.0. The average molecular weight is 414 g/mol. The van der Waals surface area contributed by atoms with Crippen molar-refractivity contribution in [3.05, 3.63) is 62.0 Å². The van der Waals surface area contributed by atoms with Crippen LogP contribution in [0.4, 0.5) is 0 Å². The van der Waals surface area contributed by atoms with Crippen molar-refractivity contribution in [3.63, 3.8) is 0 Å². The lowest BCUT2D eigenvalue weighted by Crippen LogP contribution is -2.30. The van der Waals surface area contributed by atoms with Gasteiger partial charge in [-0.25, -0.2) is 0 Å². The van der Waals surface area contributed by atoms with Gasteiger partial charge in [0.15, 0.2) is 0 Å². The number of hydrogen-bond acceptors (Lipinski definition) is 3. The maximum atomic E-state index is 5.77. The molecule has 2 aromatic rings. The molecule has 0 spiro atoms. The molecule has 1 unspecified atom stereocenters. The van der Waals surface area contributed by atoms with Crippen molar-refractivity contribution < 1.29 is 4.74 Å². The van der Waals surface area contributed by atoms with Gasteiger partial charge in [-0.15, -0.1) is 0 Å². The Kier molecular flexibility index (Phi) is 5.81. The molecular formula is C16H18Br2N2O. The SMILES string of the molecule is COc1ccc(C)cc1CC(NN)c1ccc(Br)cc1Br. The number of hydrazine groups is 1. The fraction of sp³-hybridized carbons (Fsp3) is 0.250. The van der Waals surface area contributed by atoms with Crippen LogP contribution in [-0.2, 0) is 6.42 Å². The van der Waals surface area contributed by atoms with Gasteiger partial charge in [0.2, 0.25) is 0 Å². The fourth-order valence-corrected chi connectivity index (χ4v) is 3.65. The Hall–Kier alpha value is -0.880. The molecular weight excluding hydrogens is 396 g/mol. The second-order valence-electron chi connectivity index (χ2n) is 4.90. The molecule has 0 radical (unpaired) electrons. The van der Waals surface area contributed by atoms with E-state index in [0.717, 1.165) is 32.2 Å². The summed E-state index contributed by atoms with van der Waals surface area (Å²) < 4.78 is 7.49. The molecule has 2 rings (SSSR count). The van der Waals surface area contributed by atoms with E-state index in [1.807, 2.05) is 24.3 Å². The van der Waals surface area contributed by atoms with Crippen molar-refractivity contribution in [2.24, 2.45) is 5.84 Å². The Bertz CT molecular complexity index is 632. The van der Waals surface area contributed by atoms with Crippen molar-refractivity contribution in [2.45, 2.75) is 19.4 Å². The molecule has 21 heavy (non-hydrogen) atoms. The van der Waals surface area contributed by atoms with Gasteiger partial charge in [0, 0.05) is 8.95 Å². The van der Waals surface area contributed by atoms with Gasteiger partial charge >= 0.3 is 0 Å². The summed E-state index contributed by atoms with van der Waals surface area (Å²) in [5.41, 5.74) is 6.35. The maximum absolute atomic E-state index is 5.77. The first-order chi connectivity index (χ1) is 10.0. The molecule has 0 saturated heterocycles. The first kappa shape index (κ1) is 16.5. The zero-order valence-corrected chi connectivity index (χ0v) is 15.2. The lowest BCUT2D eigenvalue weighted by Gasteiger charge is -2.20. The van der Waals surface area contributed by atoms with Crippen LogP contribution in [0.3, 0.4) is 0 Å². The lowest BCUT2D eigenvalue weighted by atomic mass is 9.97. The van der Waals surface area contributed by atoms with Gasteiger partial charge in [-0.1, -0.05) is 55.6 Å². The summed E-state index contributed by atoms with van der Waals surface area (Å²) >= 11 is 7.06. The second kappa shape index (κ2) is 7.40. The summed E-state index contributed by atoms with van der Waals surface area (Å²) in [4.78, 5) is 0. The molecule has 0 aliphatic carbocycles. The summed E-state index contributed by atoms with van der Waals surface area (Å²) in [5.74, 6) is 6.65. The molecule has 1 atom stereocenters. The van der Waals surface area contributed by atoms with Crippen LogP contribution in [0.25, 0.3) is 0 Å². The van der Waals surface area contributed by atoms with Crippen molar-refractivity contribution in [2.75, 3.05) is 7.11 Å². The largest absolute Gasteiger partial charge is 0.496 e. The van der Waals surface area contributed by atoms with Crippen molar-refractivity contribution in [1.29, 1.82) is 0 Å². The third-order valence-electron chi connectivity index (χ3n) is 3.40. The number of halogens is 2. The Labute approximate surface area is 142 Å². The Balaban J connectivity index is 2.33. The van der Waals surface area contributed by atoms with Gasteiger partial charge in [0.1, 0.15) is 5.75 Å². The number of nitrogens with one attached hydrogen (secondary N) is 1. The molecule has 0 fully saturated rings. The van der Waals surface area contributed by atoms with Crippen LogP contribution in [-0.4, -0.2) is 7.11 Å². The number of nitrogens with two attached hydrogens (primary N) is 1. The Morgan fingerprint density at radius 1 is 1.19 bits per heavy atom. The summed E-state index contributed by atoms with van der Waals surface area (Å²) in [5, 5.41) is 0. The highest BCUT2D eigenvalue weighted by atomic mass is 79.9. The monoisotopic (exact) mass is 412 g/mol. The van der Waals surface area contributed by atoms with E-state index in [-0.39, 0.29) is 6.04 Å². The van der Waals surface area contributed by atoms with Crippen LogP contribution in [0, 0.1) is 6.92 Å². The molecule has 0 aromatic heterocycles. The Morgan fingerprint density at radius 2 is 1.95 bits per heavy atom. The predicted octanol–water partition coefficient (Wildman–Crippen LogP) is 4.28. The molecule has 3 nitrogen and oxygen atoms in total. The summed E-state index contributed by atoms with van der Waals surface area (Å²) in [7, 11) is 1.69. The number of methoxy groups -OCH3 is 1. The third kappa shape index (κ3) is 4.07. The van der Waals surface area contributed by atoms with Gasteiger partial charge in [-0.05, 0) is 42.7 Å². The highest BCUT2D eigenvalue weighted by Crippen LogP contribution is 2.31. The number of rotatable bonds is 5. The number of aryl methyl sites for hydroxylation is 1. The van der Waals surface area contributed by atoms with Crippen molar-refractivity contribution in [3.8, 4) is 5.75 Å².